The number of halogens is 1. The lowest BCUT2D eigenvalue weighted by atomic mass is 10.3. The van der Waals surface area contributed by atoms with E-state index in [-0.39, 0.29) is 24.4 Å². The molecule has 0 aromatic carbocycles. The molecule has 1 unspecified atom stereocenters. The van der Waals surface area contributed by atoms with Gasteiger partial charge in [0.2, 0.25) is 0 Å². The number of hydrogen-bond donors (Lipinski definition) is 0. The maximum atomic E-state index is 11.2. The minimum Gasteiger partial charge on any atom is -0.462 e. The van der Waals surface area contributed by atoms with Gasteiger partial charge in [0.15, 0.2) is 0 Å². The zero-order valence-corrected chi connectivity index (χ0v) is 9.20. The van der Waals surface area contributed by atoms with Crippen molar-refractivity contribution < 1.29 is 19.1 Å². The van der Waals surface area contributed by atoms with E-state index >= 15 is 0 Å². The van der Waals surface area contributed by atoms with Crippen LogP contribution in [0.15, 0.2) is 12.2 Å². The molecule has 0 radical (unpaired) electrons. The van der Waals surface area contributed by atoms with Gasteiger partial charge in [0.25, 0.3) is 0 Å². The van der Waals surface area contributed by atoms with E-state index in [9.17, 15) is 9.59 Å². The quantitative estimate of drug-likeness (QED) is 0.418. The molecular formula is C10H13ClO4. The predicted molar refractivity (Wildman–Crippen MR) is 54.5 cm³/mol. The van der Waals surface area contributed by atoms with Gasteiger partial charge in [-0.1, -0.05) is 13.0 Å². The number of esters is 2. The Kier molecular flexibility index (Phi) is 4.62. The predicted octanol–water partition coefficient (Wildman–Crippen LogP) is 1.42. The lowest BCUT2D eigenvalue weighted by molar-refractivity contribution is -0.143. The Morgan fingerprint density at radius 1 is 1.80 bits per heavy atom. The number of cyclic esters (lactones) is 1. The molecule has 0 bridgehead atoms. The molecule has 0 aromatic rings. The van der Waals surface area contributed by atoms with Crippen LogP contribution in [-0.4, -0.2) is 30.0 Å². The molecule has 0 N–H and O–H groups in total. The third-order valence-electron chi connectivity index (χ3n) is 1.94. The van der Waals surface area contributed by atoms with Crippen LogP contribution in [0.25, 0.3) is 0 Å². The molecule has 1 fully saturated rings. The summed E-state index contributed by atoms with van der Waals surface area (Å²) in [6.07, 6.45) is 3.28. The SMILES string of the molecule is CCC(Cl)/C=C/C(=O)O[C@@H]1COC(=O)C1. The van der Waals surface area contributed by atoms with Crippen LogP contribution in [0.5, 0.6) is 0 Å². The van der Waals surface area contributed by atoms with Crippen molar-refractivity contribution >= 4 is 23.5 Å². The molecule has 84 valence electrons. The number of hydrogen-bond acceptors (Lipinski definition) is 4. The third-order valence-corrected chi connectivity index (χ3v) is 2.39. The molecule has 1 aliphatic rings. The summed E-state index contributed by atoms with van der Waals surface area (Å²) in [6.45, 7) is 2.06. The first-order valence-electron chi connectivity index (χ1n) is 4.80. The van der Waals surface area contributed by atoms with Crippen molar-refractivity contribution in [1.29, 1.82) is 0 Å². The van der Waals surface area contributed by atoms with Crippen molar-refractivity contribution in [3.63, 3.8) is 0 Å². The summed E-state index contributed by atoms with van der Waals surface area (Å²) in [7, 11) is 0. The Labute approximate surface area is 93.2 Å². The van der Waals surface area contributed by atoms with Crippen LogP contribution in [0.4, 0.5) is 0 Å². The largest absolute Gasteiger partial charge is 0.462 e. The van der Waals surface area contributed by atoms with E-state index in [0.29, 0.717) is 0 Å². The Morgan fingerprint density at radius 3 is 3.07 bits per heavy atom. The van der Waals surface area contributed by atoms with Gasteiger partial charge in [0.1, 0.15) is 12.7 Å². The smallest absolute Gasteiger partial charge is 0.330 e. The summed E-state index contributed by atoms with van der Waals surface area (Å²) in [6, 6.07) is 0. The Morgan fingerprint density at radius 2 is 2.53 bits per heavy atom. The van der Waals surface area contributed by atoms with Crippen molar-refractivity contribution in [1.82, 2.24) is 0 Å². The zero-order valence-electron chi connectivity index (χ0n) is 8.44. The second kappa shape index (κ2) is 5.75. The molecule has 1 aliphatic heterocycles. The first kappa shape index (κ1) is 12.0. The number of allylic oxidation sites excluding steroid dienone is 1. The van der Waals surface area contributed by atoms with Crippen molar-refractivity contribution in [2.75, 3.05) is 6.61 Å². The molecule has 15 heavy (non-hydrogen) atoms. The molecule has 5 heteroatoms. The first-order chi connectivity index (χ1) is 7.11. The Hall–Kier alpha value is -1.03. The minimum atomic E-state index is -0.489. The monoisotopic (exact) mass is 232 g/mol. The molecular weight excluding hydrogens is 220 g/mol. The molecule has 1 saturated heterocycles. The highest BCUT2D eigenvalue weighted by Crippen LogP contribution is 2.10. The Bertz CT molecular complexity index is 275. The van der Waals surface area contributed by atoms with E-state index in [0.717, 1.165) is 6.42 Å². The summed E-state index contributed by atoms with van der Waals surface area (Å²) in [5, 5.41) is -0.168. The topological polar surface area (TPSA) is 52.6 Å². The van der Waals surface area contributed by atoms with Gasteiger partial charge in [0, 0.05) is 6.08 Å². The number of carbonyl (C=O) groups is 2. The van der Waals surface area contributed by atoms with E-state index < -0.39 is 12.1 Å². The highest BCUT2D eigenvalue weighted by atomic mass is 35.5. The van der Waals surface area contributed by atoms with Gasteiger partial charge in [-0.25, -0.2) is 4.79 Å². The second-order valence-corrected chi connectivity index (χ2v) is 3.79. The zero-order chi connectivity index (χ0) is 11.3. The van der Waals surface area contributed by atoms with Crippen LogP contribution < -0.4 is 0 Å². The van der Waals surface area contributed by atoms with Gasteiger partial charge in [-0.2, -0.15) is 0 Å². The molecule has 1 heterocycles. The maximum Gasteiger partial charge on any atom is 0.330 e. The number of ether oxygens (including phenoxy) is 2. The molecule has 0 aliphatic carbocycles. The lowest BCUT2D eigenvalue weighted by Gasteiger charge is -2.06. The fraction of sp³-hybridized carbons (Fsp3) is 0.600. The molecule has 2 atom stereocenters. The summed E-state index contributed by atoms with van der Waals surface area (Å²) in [5.74, 6) is -0.821. The van der Waals surface area contributed by atoms with Crippen molar-refractivity contribution in [3.05, 3.63) is 12.2 Å². The van der Waals surface area contributed by atoms with E-state index in [1.807, 2.05) is 6.92 Å². The van der Waals surface area contributed by atoms with Gasteiger partial charge in [-0.05, 0) is 6.42 Å². The lowest BCUT2D eigenvalue weighted by Crippen LogP contribution is -2.16. The number of carbonyl (C=O) groups excluding carboxylic acids is 2. The molecule has 0 saturated carbocycles. The standard InChI is InChI=1S/C10H13ClO4/c1-2-7(11)3-4-9(12)15-8-5-10(13)14-6-8/h3-4,7-8H,2,5-6H2,1H3/b4-3+/t7?,8-/m0/s1. The average Bonchev–Trinajstić information content (AvgIpc) is 2.60. The Balaban J connectivity index is 2.30. The summed E-state index contributed by atoms with van der Waals surface area (Å²) in [5.41, 5.74) is 0. The van der Waals surface area contributed by atoms with Crippen LogP contribution in [0, 0.1) is 0 Å². The van der Waals surface area contributed by atoms with Crippen LogP contribution in [0.3, 0.4) is 0 Å². The minimum absolute atomic E-state index is 0.137. The van der Waals surface area contributed by atoms with E-state index in [1.165, 1.54) is 6.08 Å². The van der Waals surface area contributed by atoms with Crippen LogP contribution >= 0.6 is 11.6 Å². The number of rotatable bonds is 4. The van der Waals surface area contributed by atoms with Crippen molar-refractivity contribution in [2.45, 2.75) is 31.2 Å². The third kappa shape index (κ3) is 4.34. The van der Waals surface area contributed by atoms with Crippen LogP contribution in [0.1, 0.15) is 19.8 Å². The molecule has 1 rings (SSSR count). The van der Waals surface area contributed by atoms with Crippen molar-refractivity contribution in [2.24, 2.45) is 0 Å². The first-order valence-corrected chi connectivity index (χ1v) is 5.24. The van der Waals surface area contributed by atoms with E-state index in [2.05, 4.69) is 4.74 Å². The molecule has 0 amide bonds. The van der Waals surface area contributed by atoms with Crippen LogP contribution in [0.2, 0.25) is 0 Å². The van der Waals surface area contributed by atoms with E-state index in [1.54, 1.807) is 6.08 Å². The summed E-state index contributed by atoms with van der Waals surface area (Å²) in [4.78, 5) is 21.9. The van der Waals surface area contributed by atoms with Gasteiger partial charge in [-0.15, -0.1) is 11.6 Å². The normalized spacial score (nSPS) is 22.8. The molecule has 4 nitrogen and oxygen atoms in total. The van der Waals surface area contributed by atoms with Crippen LogP contribution in [-0.2, 0) is 19.1 Å². The van der Waals surface area contributed by atoms with Gasteiger partial charge in [0.05, 0.1) is 11.8 Å². The van der Waals surface area contributed by atoms with Gasteiger partial charge >= 0.3 is 11.9 Å². The highest BCUT2D eigenvalue weighted by molar-refractivity contribution is 6.21. The summed E-state index contributed by atoms with van der Waals surface area (Å²) < 4.78 is 9.59. The van der Waals surface area contributed by atoms with Gasteiger partial charge < -0.3 is 9.47 Å². The van der Waals surface area contributed by atoms with Gasteiger partial charge in [-0.3, -0.25) is 4.79 Å². The molecule has 0 aromatic heterocycles. The van der Waals surface area contributed by atoms with Crippen molar-refractivity contribution in [3.8, 4) is 0 Å². The summed E-state index contributed by atoms with van der Waals surface area (Å²) >= 11 is 5.78. The fourth-order valence-electron chi connectivity index (χ4n) is 1.09. The number of alkyl halides is 1. The maximum absolute atomic E-state index is 11.2. The fourth-order valence-corrected chi connectivity index (χ4v) is 1.16. The van der Waals surface area contributed by atoms with E-state index in [4.69, 9.17) is 16.3 Å². The average molecular weight is 233 g/mol. The second-order valence-electron chi connectivity index (χ2n) is 3.23. The molecule has 0 spiro atoms. The highest BCUT2D eigenvalue weighted by Gasteiger charge is 2.26.